The van der Waals surface area contributed by atoms with Gasteiger partial charge in [0.1, 0.15) is 23.0 Å². The molecule has 1 aliphatic heterocycles. The average Bonchev–Trinajstić information content (AvgIpc) is 3.01. The molecule has 0 saturated heterocycles. The van der Waals surface area contributed by atoms with Crippen molar-refractivity contribution in [1.29, 1.82) is 0 Å². The van der Waals surface area contributed by atoms with Gasteiger partial charge in [-0.3, -0.25) is 4.98 Å². The van der Waals surface area contributed by atoms with E-state index >= 15 is 0 Å². The molecular weight excluding hydrogens is 293 g/mol. The quantitative estimate of drug-likeness (QED) is 0.723. The molecule has 0 unspecified atom stereocenters. The molecule has 23 heavy (non-hydrogen) atoms. The Labute approximate surface area is 133 Å². The number of aromatic nitrogens is 2. The summed E-state index contributed by atoms with van der Waals surface area (Å²) >= 11 is 0. The van der Waals surface area contributed by atoms with Gasteiger partial charge in [0.05, 0.1) is 6.54 Å². The van der Waals surface area contributed by atoms with Crippen LogP contribution < -0.4 is 4.90 Å². The van der Waals surface area contributed by atoms with Crippen LogP contribution in [0.4, 0.5) is 10.1 Å². The van der Waals surface area contributed by atoms with Gasteiger partial charge in [0.2, 0.25) is 5.89 Å². The van der Waals surface area contributed by atoms with Crippen LogP contribution in [0.25, 0.3) is 11.6 Å². The smallest absolute Gasteiger partial charge is 0.245 e. The van der Waals surface area contributed by atoms with Gasteiger partial charge in [0.15, 0.2) is 0 Å². The third-order valence-electron chi connectivity index (χ3n) is 4.12. The Balaban J connectivity index is 1.65. The Kier molecular flexibility index (Phi) is 3.33. The normalized spacial score (nSPS) is 13.9. The number of nitrogens with zero attached hydrogens (tertiary/aromatic N) is 3. The van der Waals surface area contributed by atoms with E-state index in [1.807, 2.05) is 31.2 Å². The fourth-order valence-corrected chi connectivity index (χ4v) is 2.93. The van der Waals surface area contributed by atoms with Crippen molar-refractivity contribution in [2.45, 2.75) is 19.9 Å². The summed E-state index contributed by atoms with van der Waals surface area (Å²) in [6, 6.07) is 10.5. The fourth-order valence-electron chi connectivity index (χ4n) is 2.93. The minimum absolute atomic E-state index is 0.217. The molecule has 0 aliphatic carbocycles. The number of hydrogen-bond acceptors (Lipinski definition) is 4. The minimum atomic E-state index is -0.217. The van der Waals surface area contributed by atoms with Crippen LogP contribution in [-0.4, -0.2) is 16.5 Å². The molecule has 0 saturated carbocycles. The van der Waals surface area contributed by atoms with Crippen molar-refractivity contribution in [2.75, 3.05) is 11.4 Å². The Bertz CT molecular complexity index is 845. The molecule has 3 aromatic rings. The average molecular weight is 309 g/mol. The van der Waals surface area contributed by atoms with Gasteiger partial charge >= 0.3 is 0 Å². The number of aryl methyl sites for hydroxylation is 1. The number of rotatable bonds is 2. The van der Waals surface area contributed by atoms with E-state index in [2.05, 4.69) is 14.9 Å². The van der Waals surface area contributed by atoms with E-state index in [1.165, 1.54) is 6.07 Å². The van der Waals surface area contributed by atoms with E-state index in [0.29, 0.717) is 12.4 Å². The lowest BCUT2D eigenvalue weighted by atomic mass is 10.1. The summed E-state index contributed by atoms with van der Waals surface area (Å²) in [6.45, 7) is 3.40. The largest absolute Gasteiger partial charge is 0.439 e. The molecule has 4 rings (SSSR count). The molecule has 0 atom stereocenters. The Morgan fingerprint density at radius 3 is 2.96 bits per heavy atom. The van der Waals surface area contributed by atoms with Crippen LogP contribution in [0, 0.1) is 12.7 Å². The minimum Gasteiger partial charge on any atom is -0.439 e. The first-order valence-electron chi connectivity index (χ1n) is 7.62. The number of benzene rings is 1. The summed E-state index contributed by atoms with van der Waals surface area (Å²) in [7, 11) is 0. The summed E-state index contributed by atoms with van der Waals surface area (Å²) in [5.41, 5.74) is 3.61. The van der Waals surface area contributed by atoms with Crippen LogP contribution in [0.2, 0.25) is 0 Å². The van der Waals surface area contributed by atoms with Crippen molar-refractivity contribution in [3.8, 4) is 11.6 Å². The second-order valence-corrected chi connectivity index (χ2v) is 5.71. The lowest BCUT2D eigenvalue weighted by Gasteiger charge is -2.28. The molecule has 0 N–H and O–H groups in total. The van der Waals surface area contributed by atoms with Gasteiger partial charge in [-0.15, -0.1) is 0 Å². The second kappa shape index (κ2) is 5.50. The summed E-state index contributed by atoms with van der Waals surface area (Å²) in [6.07, 6.45) is 2.48. The SMILES string of the molecule is Cc1ccc(F)cc1N1CCc2oc(-c3ccccn3)nc2C1. The first kappa shape index (κ1) is 13.9. The van der Waals surface area contributed by atoms with Crippen LogP contribution in [0.1, 0.15) is 17.0 Å². The highest BCUT2D eigenvalue weighted by molar-refractivity contribution is 5.55. The predicted molar refractivity (Wildman–Crippen MR) is 85.6 cm³/mol. The van der Waals surface area contributed by atoms with Crippen LogP contribution in [-0.2, 0) is 13.0 Å². The van der Waals surface area contributed by atoms with Crippen LogP contribution in [0.5, 0.6) is 0 Å². The number of fused-ring (bicyclic) bond motifs is 1. The second-order valence-electron chi connectivity index (χ2n) is 5.71. The molecule has 0 bridgehead atoms. The maximum atomic E-state index is 13.6. The van der Waals surface area contributed by atoms with E-state index in [9.17, 15) is 4.39 Å². The maximum Gasteiger partial charge on any atom is 0.245 e. The van der Waals surface area contributed by atoms with Crippen molar-refractivity contribution in [3.05, 3.63) is 65.4 Å². The van der Waals surface area contributed by atoms with Gasteiger partial charge in [-0.05, 0) is 36.8 Å². The van der Waals surface area contributed by atoms with E-state index in [1.54, 1.807) is 12.3 Å². The number of hydrogen-bond donors (Lipinski definition) is 0. The Morgan fingerprint density at radius 1 is 1.22 bits per heavy atom. The molecule has 1 aromatic carbocycles. The van der Waals surface area contributed by atoms with E-state index < -0.39 is 0 Å². The zero-order chi connectivity index (χ0) is 15.8. The molecule has 5 heteroatoms. The Hall–Kier alpha value is -2.69. The van der Waals surface area contributed by atoms with Gasteiger partial charge in [0, 0.05) is 24.8 Å². The fraction of sp³-hybridized carbons (Fsp3) is 0.222. The lowest BCUT2D eigenvalue weighted by Crippen LogP contribution is -2.30. The first-order valence-corrected chi connectivity index (χ1v) is 7.62. The van der Waals surface area contributed by atoms with Gasteiger partial charge in [-0.1, -0.05) is 12.1 Å². The predicted octanol–water partition coefficient (Wildman–Crippen LogP) is 3.75. The lowest BCUT2D eigenvalue weighted by molar-refractivity contribution is 0.497. The van der Waals surface area contributed by atoms with E-state index in [0.717, 1.165) is 41.4 Å². The zero-order valence-corrected chi connectivity index (χ0v) is 12.8. The number of pyridine rings is 1. The van der Waals surface area contributed by atoms with Crippen molar-refractivity contribution < 1.29 is 8.81 Å². The molecule has 4 nitrogen and oxygen atoms in total. The Morgan fingerprint density at radius 2 is 2.13 bits per heavy atom. The molecule has 0 fully saturated rings. The zero-order valence-electron chi connectivity index (χ0n) is 12.8. The van der Waals surface area contributed by atoms with Gasteiger partial charge in [0.25, 0.3) is 0 Å². The van der Waals surface area contributed by atoms with Crippen molar-refractivity contribution >= 4 is 5.69 Å². The third kappa shape index (κ3) is 2.59. The van der Waals surface area contributed by atoms with Crippen LogP contribution >= 0.6 is 0 Å². The monoisotopic (exact) mass is 309 g/mol. The molecule has 3 heterocycles. The van der Waals surface area contributed by atoms with Crippen LogP contribution in [0.3, 0.4) is 0 Å². The summed E-state index contributed by atoms with van der Waals surface area (Å²) in [4.78, 5) is 11.0. The van der Waals surface area contributed by atoms with Gasteiger partial charge in [-0.25, -0.2) is 9.37 Å². The summed E-state index contributed by atoms with van der Waals surface area (Å²) in [5.74, 6) is 1.23. The van der Waals surface area contributed by atoms with Crippen molar-refractivity contribution in [2.24, 2.45) is 0 Å². The molecule has 116 valence electrons. The highest BCUT2D eigenvalue weighted by Gasteiger charge is 2.24. The molecular formula is C18H16FN3O. The van der Waals surface area contributed by atoms with Gasteiger partial charge < -0.3 is 9.32 Å². The van der Waals surface area contributed by atoms with Crippen molar-refractivity contribution in [3.63, 3.8) is 0 Å². The molecule has 2 aromatic heterocycles. The molecule has 1 aliphatic rings. The maximum absolute atomic E-state index is 13.6. The van der Waals surface area contributed by atoms with Crippen LogP contribution in [0.15, 0.2) is 47.0 Å². The third-order valence-corrected chi connectivity index (χ3v) is 4.12. The highest BCUT2D eigenvalue weighted by Crippen LogP contribution is 2.29. The highest BCUT2D eigenvalue weighted by atomic mass is 19.1. The number of halogens is 1. The topological polar surface area (TPSA) is 42.2 Å². The first-order chi connectivity index (χ1) is 11.2. The van der Waals surface area contributed by atoms with Gasteiger partial charge in [-0.2, -0.15) is 0 Å². The number of oxazole rings is 1. The summed E-state index contributed by atoms with van der Waals surface area (Å²) in [5, 5.41) is 0. The molecule has 0 radical (unpaired) electrons. The van der Waals surface area contributed by atoms with Crippen molar-refractivity contribution in [1.82, 2.24) is 9.97 Å². The van der Waals surface area contributed by atoms with E-state index in [-0.39, 0.29) is 5.82 Å². The standard InChI is InChI=1S/C18H16FN3O/c1-12-5-6-13(19)10-16(12)22-9-7-17-15(11-22)21-18(23-17)14-4-2-3-8-20-14/h2-6,8,10H,7,9,11H2,1H3. The van der Waals surface area contributed by atoms with E-state index in [4.69, 9.17) is 4.42 Å². The molecule has 0 amide bonds. The molecule has 0 spiro atoms. The number of anilines is 1. The summed E-state index contributed by atoms with van der Waals surface area (Å²) < 4.78 is 19.4.